The zero-order valence-electron chi connectivity index (χ0n) is 22.5. The van der Waals surface area contributed by atoms with Gasteiger partial charge in [-0.3, -0.25) is 9.10 Å². The third-order valence-corrected chi connectivity index (χ3v) is 9.12. The molecule has 3 aromatic rings. The molecule has 9 heteroatoms. The van der Waals surface area contributed by atoms with Crippen LogP contribution in [0, 0.1) is 27.7 Å². The Morgan fingerprint density at radius 1 is 0.895 bits per heavy atom. The Kier molecular flexibility index (Phi) is 8.23. The van der Waals surface area contributed by atoms with E-state index in [0.717, 1.165) is 27.9 Å². The number of ether oxygens (including phenoxy) is 1. The van der Waals surface area contributed by atoms with E-state index >= 15 is 0 Å². The van der Waals surface area contributed by atoms with Gasteiger partial charge in [0.1, 0.15) is 17.2 Å². The minimum absolute atomic E-state index is 0.0345. The molecule has 38 heavy (non-hydrogen) atoms. The van der Waals surface area contributed by atoms with E-state index in [4.69, 9.17) is 16.3 Å². The predicted octanol–water partition coefficient (Wildman–Crippen LogP) is 5.13. The topological polar surface area (TPSA) is 70.2 Å². The summed E-state index contributed by atoms with van der Waals surface area (Å²) in [6.45, 7) is 9.69. The second-order valence-corrected chi connectivity index (χ2v) is 12.0. The van der Waals surface area contributed by atoms with Gasteiger partial charge in [-0.1, -0.05) is 29.8 Å². The molecule has 1 aliphatic heterocycles. The first-order valence-corrected chi connectivity index (χ1v) is 14.4. The van der Waals surface area contributed by atoms with Crippen LogP contribution in [0.15, 0.2) is 59.5 Å². The molecule has 202 valence electrons. The van der Waals surface area contributed by atoms with Crippen molar-refractivity contribution in [1.29, 1.82) is 0 Å². The van der Waals surface area contributed by atoms with Crippen molar-refractivity contribution in [3.8, 4) is 5.75 Å². The number of aryl methyl sites for hydroxylation is 4. The summed E-state index contributed by atoms with van der Waals surface area (Å²) < 4.78 is 34.7. The number of amides is 1. The number of sulfonamides is 1. The van der Waals surface area contributed by atoms with Gasteiger partial charge in [-0.05, 0) is 86.3 Å². The average molecular weight is 556 g/mol. The summed E-state index contributed by atoms with van der Waals surface area (Å²) in [5.41, 5.74) is 5.37. The molecule has 1 aliphatic rings. The van der Waals surface area contributed by atoms with E-state index in [9.17, 15) is 13.2 Å². The Hall–Kier alpha value is -3.23. The zero-order chi connectivity index (χ0) is 27.6. The molecular weight excluding hydrogens is 522 g/mol. The van der Waals surface area contributed by atoms with E-state index in [0.29, 0.717) is 36.9 Å². The van der Waals surface area contributed by atoms with Gasteiger partial charge in [0.2, 0.25) is 5.91 Å². The van der Waals surface area contributed by atoms with Crippen molar-refractivity contribution >= 4 is 38.9 Å². The van der Waals surface area contributed by atoms with Crippen molar-refractivity contribution in [1.82, 2.24) is 4.90 Å². The molecule has 4 rings (SSSR count). The maximum Gasteiger partial charge on any atom is 0.268 e. The Morgan fingerprint density at radius 3 is 2.24 bits per heavy atom. The molecule has 0 aromatic heterocycles. The number of rotatable bonds is 7. The quantitative estimate of drug-likeness (QED) is 0.404. The van der Waals surface area contributed by atoms with Crippen molar-refractivity contribution in [2.75, 3.05) is 49.0 Å². The maximum absolute atomic E-state index is 14.0. The highest BCUT2D eigenvalue weighted by atomic mass is 35.5. The van der Waals surface area contributed by atoms with Crippen LogP contribution in [-0.2, 0) is 14.8 Å². The molecule has 0 saturated carbocycles. The van der Waals surface area contributed by atoms with Crippen LogP contribution in [0.2, 0.25) is 5.02 Å². The van der Waals surface area contributed by atoms with Crippen molar-refractivity contribution in [2.24, 2.45) is 0 Å². The minimum atomic E-state index is -4.11. The van der Waals surface area contributed by atoms with E-state index in [1.165, 1.54) is 11.4 Å². The fourth-order valence-electron chi connectivity index (χ4n) is 4.64. The molecule has 1 amide bonds. The molecule has 0 unspecified atom stereocenters. The lowest BCUT2D eigenvalue weighted by Gasteiger charge is -2.37. The van der Waals surface area contributed by atoms with Gasteiger partial charge in [-0.15, -0.1) is 0 Å². The number of hydrogen-bond donors (Lipinski definition) is 0. The van der Waals surface area contributed by atoms with E-state index < -0.39 is 10.0 Å². The number of carbonyl (C=O) groups is 1. The van der Waals surface area contributed by atoms with Crippen molar-refractivity contribution in [2.45, 2.75) is 32.6 Å². The predicted molar refractivity (Wildman–Crippen MR) is 153 cm³/mol. The van der Waals surface area contributed by atoms with Gasteiger partial charge in [0.25, 0.3) is 10.0 Å². The van der Waals surface area contributed by atoms with Crippen LogP contribution in [0.3, 0.4) is 0 Å². The van der Waals surface area contributed by atoms with Crippen LogP contribution < -0.4 is 13.9 Å². The lowest BCUT2D eigenvalue weighted by atomic mass is 10.1. The standard InChI is InChI=1S/C29H34ClN3O4S/c1-20-6-11-27(37-5)28(16-20)38(35,36)33(25-10-8-21(2)23(4)17-25)19-29(34)32-14-12-31(13-15-32)26-18-24(30)9-7-22(26)3/h6-11,16-18H,12-15,19H2,1-5H3. The van der Waals surface area contributed by atoms with Gasteiger partial charge < -0.3 is 14.5 Å². The van der Waals surface area contributed by atoms with E-state index in [2.05, 4.69) is 4.90 Å². The van der Waals surface area contributed by atoms with Gasteiger partial charge in [0.15, 0.2) is 0 Å². The maximum atomic E-state index is 14.0. The highest BCUT2D eigenvalue weighted by molar-refractivity contribution is 7.93. The summed E-state index contributed by atoms with van der Waals surface area (Å²) in [4.78, 5) is 17.5. The molecule has 0 spiro atoms. The summed E-state index contributed by atoms with van der Waals surface area (Å²) in [7, 11) is -2.67. The molecule has 3 aromatic carbocycles. The normalized spacial score (nSPS) is 13.9. The summed E-state index contributed by atoms with van der Waals surface area (Å²) in [5, 5.41) is 0.671. The van der Waals surface area contributed by atoms with Crippen LogP contribution in [0.25, 0.3) is 0 Å². The van der Waals surface area contributed by atoms with Crippen molar-refractivity contribution in [3.63, 3.8) is 0 Å². The van der Waals surface area contributed by atoms with Crippen LogP contribution in [0.4, 0.5) is 11.4 Å². The Labute approximate surface area is 230 Å². The number of piperazine rings is 1. The molecule has 0 radical (unpaired) electrons. The third-order valence-electron chi connectivity index (χ3n) is 7.09. The van der Waals surface area contributed by atoms with E-state index in [-0.39, 0.29) is 23.1 Å². The van der Waals surface area contributed by atoms with Crippen LogP contribution >= 0.6 is 11.6 Å². The monoisotopic (exact) mass is 555 g/mol. The largest absolute Gasteiger partial charge is 0.495 e. The number of methoxy groups -OCH3 is 1. The second kappa shape index (κ2) is 11.3. The molecular formula is C29H34ClN3O4S. The first-order chi connectivity index (χ1) is 18.0. The van der Waals surface area contributed by atoms with Crippen LogP contribution in [0.1, 0.15) is 22.3 Å². The SMILES string of the molecule is COc1ccc(C)cc1S(=O)(=O)N(CC(=O)N1CCN(c2cc(Cl)ccc2C)CC1)c1ccc(C)c(C)c1. The van der Waals surface area contributed by atoms with Gasteiger partial charge >= 0.3 is 0 Å². The first-order valence-electron chi connectivity index (χ1n) is 12.5. The summed E-state index contributed by atoms with van der Waals surface area (Å²) in [6, 6.07) is 16.2. The molecule has 1 saturated heterocycles. The zero-order valence-corrected chi connectivity index (χ0v) is 24.1. The van der Waals surface area contributed by atoms with E-state index in [1.807, 2.05) is 58.0 Å². The molecule has 1 fully saturated rings. The highest BCUT2D eigenvalue weighted by Crippen LogP contribution is 2.32. The highest BCUT2D eigenvalue weighted by Gasteiger charge is 2.32. The van der Waals surface area contributed by atoms with Gasteiger partial charge in [0, 0.05) is 36.9 Å². The number of benzene rings is 3. The van der Waals surface area contributed by atoms with Crippen molar-refractivity contribution < 1.29 is 17.9 Å². The lowest BCUT2D eigenvalue weighted by Crippen LogP contribution is -2.52. The molecule has 1 heterocycles. The Balaban J connectivity index is 1.61. The van der Waals surface area contributed by atoms with Crippen LogP contribution in [-0.4, -0.2) is 59.1 Å². The molecule has 0 bridgehead atoms. The number of nitrogens with zero attached hydrogens (tertiary/aromatic N) is 3. The van der Waals surface area contributed by atoms with Crippen LogP contribution in [0.5, 0.6) is 5.75 Å². The van der Waals surface area contributed by atoms with Gasteiger partial charge in [0.05, 0.1) is 12.8 Å². The minimum Gasteiger partial charge on any atom is -0.495 e. The Bertz CT molecular complexity index is 1450. The fourth-order valence-corrected chi connectivity index (χ4v) is 6.46. The fraction of sp³-hybridized carbons (Fsp3) is 0.345. The lowest BCUT2D eigenvalue weighted by molar-refractivity contribution is -0.129. The second-order valence-electron chi connectivity index (χ2n) is 9.73. The summed E-state index contributed by atoms with van der Waals surface area (Å²) >= 11 is 6.21. The number of anilines is 2. The smallest absolute Gasteiger partial charge is 0.268 e. The Morgan fingerprint density at radius 2 is 1.58 bits per heavy atom. The molecule has 7 nitrogen and oxygen atoms in total. The van der Waals surface area contributed by atoms with E-state index in [1.54, 1.807) is 29.2 Å². The number of halogens is 1. The van der Waals surface area contributed by atoms with Gasteiger partial charge in [-0.2, -0.15) is 0 Å². The average Bonchev–Trinajstić information content (AvgIpc) is 2.90. The molecule has 0 aliphatic carbocycles. The van der Waals surface area contributed by atoms with Crippen molar-refractivity contribution in [3.05, 3.63) is 81.9 Å². The summed E-state index contributed by atoms with van der Waals surface area (Å²) in [5.74, 6) is -0.0109. The molecule has 0 N–H and O–H groups in total. The van der Waals surface area contributed by atoms with Gasteiger partial charge in [-0.25, -0.2) is 8.42 Å². The number of carbonyl (C=O) groups excluding carboxylic acids is 1. The summed E-state index contributed by atoms with van der Waals surface area (Å²) in [6.07, 6.45) is 0. The number of hydrogen-bond acceptors (Lipinski definition) is 5. The third kappa shape index (κ3) is 5.76. The molecule has 0 atom stereocenters. The first kappa shape index (κ1) is 27.8.